The van der Waals surface area contributed by atoms with Crippen molar-refractivity contribution in [3.63, 3.8) is 0 Å². The van der Waals surface area contributed by atoms with Crippen LogP contribution in [0.15, 0.2) is 42.5 Å². The van der Waals surface area contributed by atoms with E-state index in [0.717, 1.165) is 37.2 Å². The van der Waals surface area contributed by atoms with Crippen LogP contribution in [-0.2, 0) is 13.0 Å². The van der Waals surface area contributed by atoms with Gasteiger partial charge in [-0.25, -0.2) is 0 Å². The number of hydrogen-bond acceptors (Lipinski definition) is 3. The van der Waals surface area contributed by atoms with Crippen LogP contribution >= 0.6 is 0 Å². The summed E-state index contributed by atoms with van der Waals surface area (Å²) >= 11 is 0. The van der Waals surface area contributed by atoms with Crippen LogP contribution in [0, 0.1) is 0 Å². The third kappa shape index (κ3) is 2.84. The Bertz CT molecular complexity index is 681. The Morgan fingerprint density at radius 1 is 1.19 bits per heavy atom. The summed E-state index contributed by atoms with van der Waals surface area (Å²) < 4.78 is 0. The van der Waals surface area contributed by atoms with Crippen LogP contribution in [0.4, 0.5) is 11.4 Å². The minimum Gasteiger partial charge on any atom is -0.399 e. The molecular formula is C17H19N3O. The van der Waals surface area contributed by atoms with Gasteiger partial charge in [-0.15, -0.1) is 0 Å². The lowest BCUT2D eigenvalue weighted by Crippen LogP contribution is -2.29. The number of nitrogens with zero attached hydrogens (tertiary/aromatic N) is 1. The molecule has 2 aromatic rings. The molecule has 1 amide bonds. The number of carbonyl (C=O) groups is 1. The van der Waals surface area contributed by atoms with Gasteiger partial charge in [-0.05, 0) is 54.3 Å². The van der Waals surface area contributed by atoms with Crippen molar-refractivity contribution in [1.82, 2.24) is 0 Å². The Morgan fingerprint density at radius 3 is 2.86 bits per heavy atom. The highest BCUT2D eigenvalue weighted by atomic mass is 16.1. The topological polar surface area (TPSA) is 72.4 Å². The fourth-order valence-corrected chi connectivity index (χ4v) is 2.90. The van der Waals surface area contributed by atoms with Crippen molar-refractivity contribution in [2.24, 2.45) is 5.73 Å². The minimum atomic E-state index is -0.385. The van der Waals surface area contributed by atoms with E-state index in [0.29, 0.717) is 5.56 Å². The van der Waals surface area contributed by atoms with E-state index in [9.17, 15) is 4.79 Å². The van der Waals surface area contributed by atoms with Crippen molar-refractivity contribution in [3.05, 3.63) is 59.2 Å². The third-order valence-electron chi connectivity index (χ3n) is 3.90. The van der Waals surface area contributed by atoms with E-state index in [2.05, 4.69) is 17.0 Å². The van der Waals surface area contributed by atoms with Crippen LogP contribution in [0.1, 0.15) is 27.9 Å². The van der Waals surface area contributed by atoms with E-state index in [4.69, 9.17) is 11.5 Å². The van der Waals surface area contributed by atoms with Crippen LogP contribution in [-0.4, -0.2) is 12.5 Å². The van der Waals surface area contributed by atoms with Crippen LogP contribution in [0.5, 0.6) is 0 Å². The molecule has 0 saturated carbocycles. The largest absolute Gasteiger partial charge is 0.399 e. The van der Waals surface area contributed by atoms with Gasteiger partial charge in [-0.3, -0.25) is 4.79 Å². The van der Waals surface area contributed by atoms with E-state index < -0.39 is 0 Å². The standard InChI is InChI=1S/C17H19N3O/c18-15-6-7-16-13(10-15)5-2-8-20(16)11-12-3-1-4-14(9-12)17(19)21/h1,3-4,6-7,9-10H,2,5,8,11,18H2,(H2,19,21). The highest BCUT2D eigenvalue weighted by Crippen LogP contribution is 2.30. The first-order valence-corrected chi connectivity index (χ1v) is 7.15. The predicted molar refractivity (Wildman–Crippen MR) is 85.2 cm³/mol. The van der Waals surface area contributed by atoms with Gasteiger partial charge in [0.05, 0.1) is 0 Å². The molecule has 4 N–H and O–H groups in total. The zero-order chi connectivity index (χ0) is 14.8. The number of amides is 1. The van der Waals surface area contributed by atoms with Gasteiger partial charge in [0.1, 0.15) is 0 Å². The van der Waals surface area contributed by atoms with Crippen LogP contribution in [0.3, 0.4) is 0 Å². The number of fused-ring (bicyclic) bond motifs is 1. The molecule has 3 rings (SSSR count). The quantitative estimate of drug-likeness (QED) is 0.848. The average Bonchev–Trinajstić information content (AvgIpc) is 2.47. The van der Waals surface area contributed by atoms with Crippen molar-refractivity contribution < 1.29 is 4.79 Å². The summed E-state index contributed by atoms with van der Waals surface area (Å²) in [7, 11) is 0. The molecule has 1 aliphatic heterocycles. The number of rotatable bonds is 3. The molecule has 2 aromatic carbocycles. The molecule has 0 saturated heterocycles. The van der Waals surface area contributed by atoms with Crippen molar-refractivity contribution in [1.29, 1.82) is 0 Å². The maximum Gasteiger partial charge on any atom is 0.248 e. The number of primary amides is 1. The number of benzene rings is 2. The van der Waals surface area contributed by atoms with Crippen molar-refractivity contribution in [2.45, 2.75) is 19.4 Å². The van der Waals surface area contributed by atoms with Gasteiger partial charge in [0, 0.05) is 30.0 Å². The summed E-state index contributed by atoms with van der Waals surface area (Å²) in [6, 6.07) is 13.6. The molecule has 21 heavy (non-hydrogen) atoms. The second-order valence-electron chi connectivity index (χ2n) is 5.48. The van der Waals surface area contributed by atoms with E-state index in [-0.39, 0.29) is 5.91 Å². The zero-order valence-corrected chi connectivity index (χ0v) is 11.9. The number of anilines is 2. The zero-order valence-electron chi connectivity index (χ0n) is 11.9. The van der Waals surface area contributed by atoms with E-state index >= 15 is 0 Å². The number of carbonyl (C=O) groups excluding carboxylic acids is 1. The molecule has 0 unspecified atom stereocenters. The molecule has 0 bridgehead atoms. The van der Waals surface area contributed by atoms with Gasteiger partial charge in [-0.1, -0.05) is 12.1 Å². The lowest BCUT2D eigenvalue weighted by atomic mass is 10.00. The van der Waals surface area contributed by atoms with E-state index in [1.807, 2.05) is 24.3 Å². The molecule has 4 nitrogen and oxygen atoms in total. The molecule has 1 aliphatic rings. The van der Waals surface area contributed by atoms with Gasteiger partial charge in [-0.2, -0.15) is 0 Å². The summed E-state index contributed by atoms with van der Waals surface area (Å²) in [6.07, 6.45) is 2.18. The first-order valence-electron chi connectivity index (χ1n) is 7.15. The molecule has 0 radical (unpaired) electrons. The second-order valence-corrected chi connectivity index (χ2v) is 5.48. The van der Waals surface area contributed by atoms with Gasteiger partial charge in [0.25, 0.3) is 0 Å². The summed E-state index contributed by atoms with van der Waals surface area (Å²) in [5.74, 6) is -0.385. The molecule has 0 atom stereocenters. The number of nitrogen functional groups attached to an aromatic ring is 1. The average molecular weight is 281 g/mol. The third-order valence-corrected chi connectivity index (χ3v) is 3.90. The van der Waals surface area contributed by atoms with Gasteiger partial charge in [0.2, 0.25) is 5.91 Å². The summed E-state index contributed by atoms with van der Waals surface area (Å²) in [6.45, 7) is 1.79. The van der Waals surface area contributed by atoms with Gasteiger partial charge in [0.15, 0.2) is 0 Å². The normalized spacial score (nSPS) is 13.8. The molecule has 108 valence electrons. The summed E-state index contributed by atoms with van der Waals surface area (Å²) in [4.78, 5) is 13.6. The Balaban J connectivity index is 1.86. The van der Waals surface area contributed by atoms with Crippen molar-refractivity contribution in [3.8, 4) is 0 Å². The van der Waals surface area contributed by atoms with E-state index in [1.165, 1.54) is 11.3 Å². The van der Waals surface area contributed by atoms with Crippen molar-refractivity contribution >= 4 is 17.3 Å². The molecule has 0 aliphatic carbocycles. The number of nitrogens with two attached hydrogens (primary N) is 2. The molecule has 0 fully saturated rings. The number of hydrogen-bond donors (Lipinski definition) is 2. The summed E-state index contributed by atoms with van der Waals surface area (Å²) in [5.41, 5.74) is 16.2. The van der Waals surface area contributed by atoms with Crippen molar-refractivity contribution in [2.75, 3.05) is 17.2 Å². The Hall–Kier alpha value is -2.49. The minimum absolute atomic E-state index is 0.385. The van der Waals surface area contributed by atoms with E-state index in [1.54, 1.807) is 6.07 Å². The number of aryl methyl sites for hydroxylation is 1. The Morgan fingerprint density at radius 2 is 2.05 bits per heavy atom. The molecular weight excluding hydrogens is 262 g/mol. The second kappa shape index (κ2) is 5.48. The maximum absolute atomic E-state index is 11.3. The van der Waals surface area contributed by atoms with Crippen LogP contribution in [0.25, 0.3) is 0 Å². The predicted octanol–water partition coefficient (Wildman–Crippen LogP) is 2.32. The highest BCUT2D eigenvalue weighted by Gasteiger charge is 2.17. The first-order chi connectivity index (χ1) is 10.1. The lowest BCUT2D eigenvalue weighted by Gasteiger charge is -2.31. The SMILES string of the molecule is NC(=O)c1cccc(CN2CCCc3cc(N)ccc32)c1. The molecule has 0 aromatic heterocycles. The Kier molecular flexibility index (Phi) is 3.52. The van der Waals surface area contributed by atoms with Gasteiger partial charge >= 0.3 is 0 Å². The summed E-state index contributed by atoms with van der Waals surface area (Å²) in [5, 5.41) is 0. The fraction of sp³-hybridized carbons (Fsp3) is 0.235. The van der Waals surface area contributed by atoms with Crippen LogP contribution in [0.2, 0.25) is 0 Å². The fourth-order valence-electron chi connectivity index (χ4n) is 2.90. The van der Waals surface area contributed by atoms with Gasteiger partial charge < -0.3 is 16.4 Å². The lowest BCUT2D eigenvalue weighted by molar-refractivity contribution is 0.1000. The molecule has 4 heteroatoms. The Labute approximate surface area is 124 Å². The monoisotopic (exact) mass is 281 g/mol. The smallest absolute Gasteiger partial charge is 0.248 e. The highest BCUT2D eigenvalue weighted by molar-refractivity contribution is 5.92. The first kappa shape index (κ1) is 13.5. The van der Waals surface area contributed by atoms with Crippen LogP contribution < -0.4 is 16.4 Å². The molecule has 0 spiro atoms. The molecule has 1 heterocycles. The maximum atomic E-state index is 11.3.